The molecule has 0 spiro atoms. The third-order valence-electron chi connectivity index (χ3n) is 14.5. The fraction of sp³-hybridized carbons (Fsp3) is 0.925. The van der Waals surface area contributed by atoms with E-state index in [0.29, 0.717) is 105 Å². The zero-order chi connectivity index (χ0) is 56.7. The lowest BCUT2D eigenvalue weighted by Crippen LogP contribution is -2.67. The summed E-state index contributed by atoms with van der Waals surface area (Å²) in [6, 6.07) is -1.32. The normalized spacial score (nSPS) is 30.2. The summed E-state index contributed by atoms with van der Waals surface area (Å²) in [5, 5.41) is 69.9. The molecule has 78 heavy (non-hydrogen) atoms. The summed E-state index contributed by atoms with van der Waals surface area (Å²) in [6.07, 6.45) is -10.2. The van der Waals surface area contributed by atoms with Crippen molar-refractivity contribution in [2.45, 2.75) is 177 Å². The standard InChI is InChI=1S/C53H94N2O23/c1-5-37-31-38(39(58)12-9-14-54-43(59)13-15-67-18-19-69-22-23-71-26-27-73-29-28-72-25-24-70-21-20-68-17-16-66-4)32-40(49(37)78-53-48(63)47(62)45(60)34(2)74-53)76-52-44(55-35(3)57)50(46(61)42(33-56)77-52)75-41(51(64)65)30-36-10-7-6-8-11-36/h34,36-38,40-42,44-50,52-53,56,60-63H,5-33H2,1-4H3,(H,54,59)(H,55,57)(H,64,65)/t34-,37?,38?,40+,41-,42-,44?,45-,46?,47?,48-,49+,50?,52+,53?/m0/s1. The molecule has 2 amide bonds. The van der Waals surface area contributed by atoms with E-state index in [1.165, 1.54) is 13.8 Å². The van der Waals surface area contributed by atoms with Gasteiger partial charge < -0.3 is 103 Å². The number of ether oxygens (including phenoxy) is 13. The molecule has 0 radical (unpaired) electrons. The number of hydrogen-bond donors (Lipinski definition) is 8. The molecule has 4 aliphatic rings. The first-order valence-corrected chi connectivity index (χ1v) is 28.1. The molecule has 2 saturated carbocycles. The Kier molecular flexibility index (Phi) is 33.9. The van der Waals surface area contributed by atoms with E-state index in [1.807, 2.05) is 6.92 Å². The third-order valence-corrected chi connectivity index (χ3v) is 14.5. The highest BCUT2D eigenvalue weighted by atomic mass is 16.7. The van der Waals surface area contributed by atoms with E-state index in [-0.39, 0.29) is 63.1 Å². The van der Waals surface area contributed by atoms with E-state index >= 15 is 0 Å². The van der Waals surface area contributed by atoms with E-state index in [0.717, 1.165) is 32.1 Å². The average molecular weight is 1130 g/mol. The fourth-order valence-corrected chi connectivity index (χ4v) is 10.1. The summed E-state index contributed by atoms with van der Waals surface area (Å²) in [7, 11) is 1.62. The van der Waals surface area contributed by atoms with Crippen LogP contribution in [0.3, 0.4) is 0 Å². The predicted octanol–water partition coefficient (Wildman–Crippen LogP) is 0.0303. The zero-order valence-electron chi connectivity index (χ0n) is 46.4. The van der Waals surface area contributed by atoms with Crippen LogP contribution in [0.5, 0.6) is 0 Å². The van der Waals surface area contributed by atoms with Crippen LogP contribution in [0, 0.1) is 17.8 Å². The number of aliphatic carboxylic acids is 1. The molecule has 15 atom stereocenters. The van der Waals surface area contributed by atoms with Gasteiger partial charge in [-0.25, -0.2) is 4.79 Å². The summed E-state index contributed by atoms with van der Waals surface area (Å²) in [5.74, 6) is -3.15. The van der Waals surface area contributed by atoms with Crippen LogP contribution in [-0.4, -0.2) is 253 Å². The number of methoxy groups -OCH3 is 1. The Morgan fingerprint density at radius 3 is 1.74 bits per heavy atom. The second-order valence-corrected chi connectivity index (χ2v) is 20.4. The number of carbonyl (C=O) groups excluding carboxylic acids is 3. The van der Waals surface area contributed by atoms with Crippen LogP contribution >= 0.6 is 0 Å². The lowest BCUT2D eigenvalue weighted by molar-refractivity contribution is -0.338. The van der Waals surface area contributed by atoms with Crippen molar-refractivity contribution in [2.75, 3.05) is 119 Å². The topological polar surface area (TPSA) is 334 Å². The van der Waals surface area contributed by atoms with Gasteiger partial charge in [-0.05, 0) is 44.4 Å². The van der Waals surface area contributed by atoms with Crippen molar-refractivity contribution in [3.8, 4) is 0 Å². The largest absolute Gasteiger partial charge is 0.479 e. The molecule has 0 aromatic heterocycles. The van der Waals surface area contributed by atoms with Crippen LogP contribution < -0.4 is 10.6 Å². The minimum atomic E-state index is -1.67. The van der Waals surface area contributed by atoms with Crippen molar-refractivity contribution < 1.29 is 111 Å². The molecule has 454 valence electrons. The number of aliphatic hydroxyl groups excluding tert-OH is 5. The van der Waals surface area contributed by atoms with Crippen molar-refractivity contribution in [3.63, 3.8) is 0 Å². The van der Waals surface area contributed by atoms with Gasteiger partial charge in [0.2, 0.25) is 11.8 Å². The van der Waals surface area contributed by atoms with Crippen molar-refractivity contribution >= 4 is 23.6 Å². The monoisotopic (exact) mass is 1130 g/mol. The van der Waals surface area contributed by atoms with Crippen molar-refractivity contribution in [1.29, 1.82) is 0 Å². The molecule has 2 aliphatic carbocycles. The first-order chi connectivity index (χ1) is 37.7. The molecule has 8 N–H and O–H groups in total. The average Bonchev–Trinajstić information content (AvgIpc) is 3.47. The van der Waals surface area contributed by atoms with Gasteiger partial charge in [-0.3, -0.25) is 14.4 Å². The van der Waals surface area contributed by atoms with E-state index in [9.17, 15) is 49.8 Å². The van der Waals surface area contributed by atoms with Gasteiger partial charge in [-0.1, -0.05) is 45.4 Å². The Labute approximate surface area is 459 Å². The Morgan fingerprint density at radius 2 is 1.22 bits per heavy atom. The second kappa shape index (κ2) is 39.0. The summed E-state index contributed by atoms with van der Waals surface area (Å²) in [4.78, 5) is 52.1. The van der Waals surface area contributed by atoms with E-state index < -0.39 is 110 Å². The highest BCUT2D eigenvalue weighted by molar-refractivity contribution is 5.81. The van der Waals surface area contributed by atoms with Crippen LogP contribution in [0.2, 0.25) is 0 Å². The van der Waals surface area contributed by atoms with Gasteiger partial charge in [0.05, 0.1) is 124 Å². The molecule has 2 saturated heterocycles. The van der Waals surface area contributed by atoms with Gasteiger partial charge in [0.25, 0.3) is 0 Å². The Hall–Kier alpha value is -2.64. The molecular formula is C53H94N2O23. The molecule has 2 aliphatic heterocycles. The Morgan fingerprint density at radius 1 is 0.654 bits per heavy atom. The smallest absolute Gasteiger partial charge is 0.332 e. The number of hydrogen-bond acceptors (Lipinski definition) is 22. The number of rotatable bonds is 41. The lowest BCUT2D eigenvalue weighted by Gasteiger charge is -2.49. The summed E-state index contributed by atoms with van der Waals surface area (Å²) in [5.41, 5.74) is 0. The predicted molar refractivity (Wildman–Crippen MR) is 275 cm³/mol. The number of Topliss-reactive ketones (excluding diaryl/α,β-unsaturated/α-hetero) is 1. The van der Waals surface area contributed by atoms with Crippen molar-refractivity contribution in [3.05, 3.63) is 0 Å². The van der Waals surface area contributed by atoms with Gasteiger partial charge in [0, 0.05) is 39.3 Å². The fourth-order valence-electron chi connectivity index (χ4n) is 10.1. The number of nitrogens with one attached hydrogen (secondary N) is 2. The van der Waals surface area contributed by atoms with Crippen molar-refractivity contribution in [1.82, 2.24) is 10.6 Å². The highest BCUT2D eigenvalue weighted by Crippen LogP contribution is 2.40. The van der Waals surface area contributed by atoms with Gasteiger partial charge in [0.15, 0.2) is 18.7 Å². The molecule has 7 unspecified atom stereocenters. The quantitative estimate of drug-likeness (QED) is 0.0375. The maximum absolute atomic E-state index is 14.0. The molecule has 0 aromatic carbocycles. The highest BCUT2D eigenvalue weighted by Gasteiger charge is 2.53. The summed E-state index contributed by atoms with van der Waals surface area (Å²) < 4.78 is 74.5. The molecule has 4 rings (SSSR count). The molecule has 0 aromatic rings. The Bertz CT molecular complexity index is 1650. The van der Waals surface area contributed by atoms with Gasteiger partial charge in [0.1, 0.15) is 48.4 Å². The molecule has 0 bridgehead atoms. The van der Waals surface area contributed by atoms with Gasteiger partial charge in [-0.2, -0.15) is 0 Å². The molecule has 4 fully saturated rings. The minimum absolute atomic E-state index is 0.0330. The van der Waals surface area contributed by atoms with Crippen molar-refractivity contribution in [2.24, 2.45) is 17.8 Å². The molecule has 2 heterocycles. The number of aliphatic hydroxyl groups is 5. The zero-order valence-corrected chi connectivity index (χ0v) is 46.4. The lowest BCUT2D eigenvalue weighted by atomic mass is 9.74. The first kappa shape index (κ1) is 67.9. The maximum Gasteiger partial charge on any atom is 0.332 e. The SMILES string of the molecule is CCC1CC(C(=O)CCCNC(=O)CCOCCOCCOCCOCCOCCOCCOCCOC)C[C@@H](O[C@@H]2O[C@@H](CO)C(O)C(O[C@@H](CC3CCCCC3)C(=O)O)C2NC(C)=O)[C@@H]1OC1O[C@@H](C)[C@H](O)C(O)[C@@H]1O. The minimum Gasteiger partial charge on any atom is -0.479 e. The molecule has 25 heteroatoms. The number of ketones is 1. The number of carboxylic acids is 1. The molecule has 25 nitrogen and oxygen atoms in total. The summed E-state index contributed by atoms with van der Waals surface area (Å²) in [6.45, 7) is 10.5. The number of amides is 2. The van der Waals surface area contributed by atoms with Crippen LogP contribution in [0.4, 0.5) is 0 Å². The van der Waals surface area contributed by atoms with Crippen LogP contribution in [0.25, 0.3) is 0 Å². The third kappa shape index (κ3) is 24.4. The van der Waals surface area contributed by atoms with Crippen LogP contribution in [-0.2, 0) is 80.8 Å². The number of carboxylic acid groups (broad SMARTS) is 1. The Balaban J connectivity index is 1.23. The number of carbonyl (C=O) groups is 4. The van der Waals surface area contributed by atoms with E-state index in [1.54, 1.807) is 7.11 Å². The molecular weight excluding hydrogens is 1030 g/mol. The van der Waals surface area contributed by atoms with Crippen LogP contribution in [0.1, 0.15) is 97.8 Å². The van der Waals surface area contributed by atoms with Gasteiger partial charge in [-0.15, -0.1) is 0 Å². The van der Waals surface area contributed by atoms with Gasteiger partial charge >= 0.3 is 5.97 Å². The van der Waals surface area contributed by atoms with Crippen LogP contribution in [0.15, 0.2) is 0 Å². The van der Waals surface area contributed by atoms with E-state index in [2.05, 4.69) is 10.6 Å². The van der Waals surface area contributed by atoms with E-state index in [4.69, 9.17) is 61.6 Å². The first-order valence-electron chi connectivity index (χ1n) is 28.1. The summed E-state index contributed by atoms with van der Waals surface area (Å²) >= 11 is 0. The maximum atomic E-state index is 14.0. The second-order valence-electron chi connectivity index (χ2n) is 20.4.